The Morgan fingerprint density at radius 3 is 1.85 bits per heavy atom. The second-order valence-electron chi connectivity index (χ2n) is 4.74. The highest BCUT2D eigenvalue weighted by atomic mass is 16.2. The van der Waals surface area contributed by atoms with Gasteiger partial charge < -0.3 is 15.5 Å². The standard InChI is InChI=1S/C14H27N3O3/c1-4-6-10-17(11-7-5-2)14(20)13(19)16-9-8-15-12(3)18/h4-11H2,1-3H3,(H,15,18)(H,16,19). The number of nitrogens with one attached hydrogen (secondary N) is 2. The lowest BCUT2D eigenvalue weighted by Crippen LogP contribution is -2.45. The van der Waals surface area contributed by atoms with Gasteiger partial charge in [0.15, 0.2) is 0 Å². The summed E-state index contributed by atoms with van der Waals surface area (Å²) in [6, 6.07) is 0. The molecule has 0 bridgehead atoms. The molecule has 0 aromatic heterocycles. The van der Waals surface area contributed by atoms with E-state index >= 15 is 0 Å². The molecule has 0 radical (unpaired) electrons. The normalized spacial score (nSPS) is 9.95. The molecule has 0 aliphatic heterocycles. The van der Waals surface area contributed by atoms with Crippen molar-refractivity contribution in [1.29, 1.82) is 0 Å². The summed E-state index contributed by atoms with van der Waals surface area (Å²) >= 11 is 0. The zero-order chi connectivity index (χ0) is 15.4. The number of carbonyl (C=O) groups is 3. The van der Waals surface area contributed by atoms with Crippen molar-refractivity contribution < 1.29 is 14.4 Å². The molecule has 0 spiro atoms. The monoisotopic (exact) mass is 285 g/mol. The predicted molar refractivity (Wildman–Crippen MR) is 78.1 cm³/mol. The third-order valence-corrected chi connectivity index (χ3v) is 2.83. The number of amides is 3. The smallest absolute Gasteiger partial charge is 0.311 e. The van der Waals surface area contributed by atoms with Crippen LogP contribution in [0.15, 0.2) is 0 Å². The van der Waals surface area contributed by atoms with Gasteiger partial charge in [-0.25, -0.2) is 0 Å². The summed E-state index contributed by atoms with van der Waals surface area (Å²) in [6.45, 7) is 7.34. The first-order chi connectivity index (χ1) is 9.52. The van der Waals surface area contributed by atoms with Crippen LogP contribution >= 0.6 is 0 Å². The van der Waals surface area contributed by atoms with Crippen LogP contribution < -0.4 is 10.6 Å². The topological polar surface area (TPSA) is 78.5 Å². The lowest BCUT2D eigenvalue weighted by Gasteiger charge is -2.21. The van der Waals surface area contributed by atoms with E-state index in [-0.39, 0.29) is 12.5 Å². The van der Waals surface area contributed by atoms with Crippen LogP contribution in [0.3, 0.4) is 0 Å². The molecule has 0 aliphatic carbocycles. The maximum absolute atomic E-state index is 12.0. The number of hydrogen-bond acceptors (Lipinski definition) is 3. The summed E-state index contributed by atoms with van der Waals surface area (Å²) in [7, 11) is 0. The van der Waals surface area contributed by atoms with Crippen LogP contribution in [0, 0.1) is 0 Å². The molecule has 116 valence electrons. The average molecular weight is 285 g/mol. The van der Waals surface area contributed by atoms with E-state index in [4.69, 9.17) is 0 Å². The molecule has 2 N–H and O–H groups in total. The molecule has 0 saturated heterocycles. The molecule has 0 fully saturated rings. The van der Waals surface area contributed by atoms with Gasteiger partial charge >= 0.3 is 11.8 Å². The maximum atomic E-state index is 12.0. The van der Waals surface area contributed by atoms with Gasteiger partial charge in [-0.05, 0) is 12.8 Å². The highest BCUT2D eigenvalue weighted by Crippen LogP contribution is 2.00. The molecule has 0 aromatic carbocycles. The van der Waals surface area contributed by atoms with Crippen LogP contribution in [-0.2, 0) is 14.4 Å². The first kappa shape index (κ1) is 18.4. The predicted octanol–water partition coefficient (Wildman–Crippen LogP) is 0.668. The lowest BCUT2D eigenvalue weighted by atomic mass is 10.2. The summed E-state index contributed by atoms with van der Waals surface area (Å²) in [5, 5.41) is 5.09. The highest BCUT2D eigenvalue weighted by molar-refractivity contribution is 6.35. The third kappa shape index (κ3) is 8.50. The Hall–Kier alpha value is -1.59. The number of rotatable bonds is 9. The molecular formula is C14H27N3O3. The van der Waals surface area contributed by atoms with Crippen molar-refractivity contribution in [2.75, 3.05) is 26.2 Å². The average Bonchev–Trinajstić information content (AvgIpc) is 2.42. The Balaban J connectivity index is 4.17. The zero-order valence-corrected chi connectivity index (χ0v) is 12.8. The van der Waals surface area contributed by atoms with Crippen molar-refractivity contribution in [1.82, 2.24) is 15.5 Å². The van der Waals surface area contributed by atoms with E-state index in [2.05, 4.69) is 24.5 Å². The molecule has 0 aliphatic rings. The van der Waals surface area contributed by atoms with Gasteiger partial charge in [-0.1, -0.05) is 26.7 Å². The zero-order valence-electron chi connectivity index (χ0n) is 12.8. The van der Waals surface area contributed by atoms with E-state index in [1.165, 1.54) is 6.92 Å². The van der Waals surface area contributed by atoms with E-state index in [0.29, 0.717) is 19.6 Å². The molecule has 6 nitrogen and oxygen atoms in total. The van der Waals surface area contributed by atoms with Gasteiger partial charge in [-0.2, -0.15) is 0 Å². The molecule has 0 heterocycles. The molecule has 0 atom stereocenters. The maximum Gasteiger partial charge on any atom is 0.311 e. The summed E-state index contributed by atoms with van der Waals surface area (Å²) in [6.07, 6.45) is 3.77. The Bertz CT molecular complexity index is 311. The first-order valence-electron chi connectivity index (χ1n) is 7.34. The molecule has 6 heteroatoms. The molecule has 20 heavy (non-hydrogen) atoms. The second-order valence-corrected chi connectivity index (χ2v) is 4.74. The van der Waals surface area contributed by atoms with Crippen molar-refractivity contribution in [3.63, 3.8) is 0 Å². The summed E-state index contributed by atoms with van der Waals surface area (Å²) in [5.41, 5.74) is 0. The Morgan fingerprint density at radius 1 is 0.900 bits per heavy atom. The van der Waals surface area contributed by atoms with Gasteiger partial charge in [-0.3, -0.25) is 14.4 Å². The first-order valence-corrected chi connectivity index (χ1v) is 7.34. The molecular weight excluding hydrogens is 258 g/mol. The van der Waals surface area contributed by atoms with Crippen LogP contribution in [0.25, 0.3) is 0 Å². The number of nitrogens with zero attached hydrogens (tertiary/aromatic N) is 1. The minimum Gasteiger partial charge on any atom is -0.355 e. The largest absolute Gasteiger partial charge is 0.355 e. The molecule has 0 saturated carbocycles. The summed E-state index contributed by atoms with van der Waals surface area (Å²) in [4.78, 5) is 36.0. The fraction of sp³-hybridized carbons (Fsp3) is 0.786. The van der Waals surface area contributed by atoms with Gasteiger partial charge in [-0.15, -0.1) is 0 Å². The molecule has 0 aromatic rings. The Morgan fingerprint density at radius 2 is 1.40 bits per heavy atom. The van der Waals surface area contributed by atoms with E-state index in [0.717, 1.165) is 25.7 Å². The van der Waals surface area contributed by atoms with Crippen LogP contribution in [0.1, 0.15) is 46.5 Å². The van der Waals surface area contributed by atoms with Gasteiger partial charge in [0.2, 0.25) is 5.91 Å². The van der Waals surface area contributed by atoms with E-state index in [9.17, 15) is 14.4 Å². The number of hydrogen-bond donors (Lipinski definition) is 2. The number of carbonyl (C=O) groups excluding carboxylic acids is 3. The van der Waals surface area contributed by atoms with Gasteiger partial charge in [0, 0.05) is 33.1 Å². The molecule has 0 rings (SSSR count). The Kier molecular flexibility index (Phi) is 10.4. The van der Waals surface area contributed by atoms with Crippen LogP contribution in [0.4, 0.5) is 0 Å². The summed E-state index contributed by atoms with van der Waals surface area (Å²) < 4.78 is 0. The van der Waals surface area contributed by atoms with Crippen LogP contribution in [0.2, 0.25) is 0 Å². The minimum absolute atomic E-state index is 0.155. The quantitative estimate of drug-likeness (QED) is 0.483. The Labute approximate surface area is 121 Å². The van der Waals surface area contributed by atoms with Crippen molar-refractivity contribution in [2.45, 2.75) is 46.5 Å². The van der Waals surface area contributed by atoms with Crippen molar-refractivity contribution in [2.24, 2.45) is 0 Å². The molecule has 0 unspecified atom stereocenters. The van der Waals surface area contributed by atoms with E-state index in [1.54, 1.807) is 4.90 Å². The highest BCUT2D eigenvalue weighted by Gasteiger charge is 2.20. The van der Waals surface area contributed by atoms with Crippen LogP contribution in [-0.4, -0.2) is 48.8 Å². The van der Waals surface area contributed by atoms with Gasteiger partial charge in [0.25, 0.3) is 0 Å². The van der Waals surface area contributed by atoms with Crippen molar-refractivity contribution in [3.8, 4) is 0 Å². The third-order valence-electron chi connectivity index (χ3n) is 2.83. The van der Waals surface area contributed by atoms with Gasteiger partial charge in [0.1, 0.15) is 0 Å². The fourth-order valence-corrected chi connectivity index (χ4v) is 1.65. The SMILES string of the molecule is CCCCN(CCCC)C(=O)C(=O)NCCNC(C)=O. The van der Waals surface area contributed by atoms with Crippen LogP contribution in [0.5, 0.6) is 0 Å². The molecule has 3 amide bonds. The minimum atomic E-state index is -0.595. The fourth-order valence-electron chi connectivity index (χ4n) is 1.65. The van der Waals surface area contributed by atoms with Crippen molar-refractivity contribution >= 4 is 17.7 Å². The summed E-state index contributed by atoms with van der Waals surface area (Å²) in [5.74, 6) is -1.23. The second kappa shape index (κ2) is 11.3. The number of unbranched alkanes of at least 4 members (excludes halogenated alkanes) is 2. The van der Waals surface area contributed by atoms with Gasteiger partial charge in [0.05, 0.1) is 0 Å². The van der Waals surface area contributed by atoms with E-state index in [1.807, 2.05) is 0 Å². The lowest BCUT2D eigenvalue weighted by molar-refractivity contribution is -0.145. The van der Waals surface area contributed by atoms with E-state index < -0.39 is 11.8 Å². The van der Waals surface area contributed by atoms with Crippen molar-refractivity contribution in [3.05, 3.63) is 0 Å².